The second-order valence-electron chi connectivity index (χ2n) is 7.69. The first kappa shape index (κ1) is 22.5. The summed E-state index contributed by atoms with van der Waals surface area (Å²) in [6.45, 7) is 2.16. The molecule has 2 aromatic carbocycles. The number of anilines is 1. The SMILES string of the molecule is COC(C)c1cccc(NC(=O)CCCNS(=O)(=O)c2ccc3c(c2)CCCC3)c1. The van der Waals surface area contributed by atoms with E-state index in [9.17, 15) is 13.2 Å². The summed E-state index contributed by atoms with van der Waals surface area (Å²) in [5, 5.41) is 2.85. The van der Waals surface area contributed by atoms with E-state index in [1.165, 1.54) is 5.56 Å². The third-order valence-electron chi connectivity index (χ3n) is 5.50. The van der Waals surface area contributed by atoms with Crippen molar-refractivity contribution in [2.45, 2.75) is 56.4 Å². The van der Waals surface area contributed by atoms with Crippen molar-refractivity contribution in [2.75, 3.05) is 19.0 Å². The molecule has 6 nitrogen and oxygen atoms in total. The van der Waals surface area contributed by atoms with E-state index in [4.69, 9.17) is 4.74 Å². The van der Waals surface area contributed by atoms with Crippen LogP contribution in [0.25, 0.3) is 0 Å². The number of amides is 1. The summed E-state index contributed by atoms with van der Waals surface area (Å²) in [6.07, 6.45) is 4.82. The van der Waals surface area contributed by atoms with Crippen LogP contribution >= 0.6 is 0 Å². The van der Waals surface area contributed by atoms with Crippen molar-refractivity contribution in [1.82, 2.24) is 4.72 Å². The van der Waals surface area contributed by atoms with Crippen molar-refractivity contribution in [2.24, 2.45) is 0 Å². The van der Waals surface area contributed by atoms with Crippen LogP contribution in [0.5, 0.6) is 0 Å². The fourth-order valence-corrected chi connectivity index (χ4v) is 4.77. The quantitative estimate of drug-likeness (QED) is 0.590. The van der Waals surface area contributed by atoms with Gasteiger partial charge in [0.05, 0.1) is 11.0 Å². The lowest BCUT2D eigenvalue weighted by atomic mass is 9.92. The molecule has 162 valence electrons. The molecule has 1 aliphatic rings. The van der Waals surface area contributed by atoms with Crippen molar-refractivity contribution in [3.05, 3.63) is 59.2 Å². The van der Waals surface area contributed by atoms with E-state index >= 15 is 0 Å². The van der Waals surface area contributed by atoms with Crippen LogP contribution in [-0.2, 0) is 32.4 Å². The zero-order chi connectivity index (χ0) is 21.6. The molecule has 30 heavy (non-hydrogen) atoms. The molecule has 1 atom stereocenters. The molecule has 3 rings (SSSR count). The summed E-state index contributed by atoms with van der Waals surface area (Å²) in [6, 6.07) is 12.9. The lowest BCUT2D eigenvalue weighted by Crippen LogP contribution is -2.26. The number of fused-ring (bicyclic) bond motifs is 1. The number of benzene rings is 2. The van der Waals surface area contributed by atoms with Gasteiger partial charge in [-0.2, -0.15) is 0 Å². The van der Waals surface area contributed by atoms with Gasteiger partial charge in [0.25, 0.3) is 0 Å². The van der Waals surface area contributed by atoms with Gasteiger partial charge >= 0.3 is 0 Å². The monoisotopic (exact) mass is 430 g/mol. The summed E-state index contributed by atoms with van der Waals surface area (Å²) in [7, 11) is -1.92. The number of methoxy groups -OCH3 is 1. The minimum Gasteiger partial charge on any atom is -0.377 e. The van der Waals surface area contributed by atoms with E-state index in [1.54, 1.807) is 19.2 Å². The molecule has 2 N–H and O–H groups in total. The Kier molecular flexibility index (Phi) is 7.64. The molecule has 0 bridgehead atoms. The number of carbonyl (C=O) groups excluding carboxylic acids is 1. The molecular formula is C23H30N2O4S. The second kappa shape index (κ2) is 10.2. The summed E-state index contributed by atoms with van der Waals surface area (Å²) in [5.74, 6) is -0.148. The molecule has 1 unspecified atom stereocenters. The summed E-state index contributed by atoms with van der Waals surface area (Å²) in [4.78, 5) is 12.5. The largest absolute Gasteiger partial charge is 0.377 e. The first-order valence-corrected chi connectivity index (χ1v) is 11.9. The number of hydrogen-bond donors (Lipinski definition) is 2. The molecule has 0 fully saturated rings. The van der Waals surface area contributed by atoms with Gasteiger partial charge in [0.1, 0.15) is 0 Å². The highest BCUT2D eigenvalue weighted by Crippen LogP contribution is 2.24. The maximum Gasteiger partial charge on any atom is 0.240 e. The molecule has 1 aliphatic carbocycles. The zero-order valence-corrected chi connectivity index (χ0v) is 18.4. The Bertz CT molecular complexity index is 988. The third kappa shape index (κ3) is 5.90. The number of rotatable bonds is 9. The van der Waals surface area contributed by atoms with E-state index in [0.29, 0.717) is 17.0 Å². The molecule has 0 aliphatic heterocycles. The van der Waals surface area contributed by atoms with Crippen molar-refractivity contribution in [1.29, 1.82) is 0 Å². The minimum atomic E-state index is -3.56. The third-order valence-corrected chi connectivity index (χ3v) is 6.96. The van der Waals surface area contributed by atoms with Crippen LogP contribution in [0.4, 0.5) is 5.69 Å². The van der Waals surface area contributed by atoms with Crippen molar-refractivity contribution < 1.29 is 17.9 Å². The smallest absolute Gasteiger partial charge is 0.240 e. The first-order valence-electron chi connectivity index (χ1n) is 10.4. The van der Waals surface area contributed by atoms with Gasteiger partial charge in [-0.15, -0.1) is 0 Å². The van der Waals surface area contributed by atoms with E-state index in [1.807, 2.05) is 37.3 Å². The zero-order valence-electron chi connectivity index (χ0n) is 17.6. The molecule has 0 saturated carbocycles. The van der Waals surface area contributed by atoms with Crippen molar-refractivity contribution in [3.63, 3.8) is 0 Å². The number of hydrogen-bond acceptors (Lipinski definition) is 4. The minimum absolute atomic E-state index is 0.0557. The predicted octanol–water partition coefficient (Wildman–Crippen LogP) is 3.97. The number of nitrogens with one attached hydrogen (secondary N) is 2. The van der Waals surface area contributed by atoms with Crippen molar-refractivity contribution in [3.8, 4) is 0 Å². The first-order chi connectivity index (χ1) is 14.4. The van der Waals surface area contributed by atoms with Gasteiger partial charge in [-0.25, -0.2) is 13.1 Å². The molecule has 0 aromatic heterocycles. The number of ether oxygens (including phenoxy) is 1. The van der Waals surface area contributed by atoms with Crippen LogP contribution in [-0.4, -0.2) is 28.0 Å². The van der Waals surface area contributed by atoms with Gasteiger partial charge < -0.3 is 10.1 Å². The van der Waals surface area contributed by atoms with E-state index in [-0.39, 0.29) is 25.0 Å². The maximum absolute atomic E-state index is 12.6. The predicted molar refractivity (Wildman–Crippen MR) is 118 cm³/mol. The number of sulfonamides is 1. The molecule has 2 aromatic rings. The Morgan fingerprint density at radius 2 is 1.87 bits per heavy atom. The Balaban J connectivity index is 1.48. The highest BCUT2D eigenvalue weighted by molar-refractivity contribution is 7.89. The van der Waals surface area contributed by atoms with Crippen LogP contribution in [0.2, 0.25) is 0 Å². The summed E-state index contributed by atoms with van der Waals surface area (Å²) < 4.78 is 33.0. The van der Waals surface area contributed by atoms with Crippen LogP contribution in [0.3, 0.4) is 0 Å². The van der Waals surface area contributed by atoms with Gasteiger partial charge in [0, 0.05) is 25.8 Å². The van der Waals surface area contributed by atoms with Crippen LogP contribution in [0.15, 0.2) is 47.4 Å². The number of aryl methyl sites for hydroxylation is 2. The Morgan fingerprint density at radius 1 is 1.10 bits per heavy atom. The summed E-state index contributed by atoms with van der Waals surface area (Å²) >= 11 is 0. The molecule has 0 radical (unpaired) electrons. The fourth-order valence-electron chi connectivity index (χ4n) is 3.64. The average Bonchev–Trinajstić information content (AvgIpc) is 2.76. The van der Waals surface area contributed by atoms with E-state index < -0.39 is 10.0 Å². The average molecular weight is 431 g/mol. The molecule has 0 heterocycles. The Morgan fingerprint density at radius 3 is 2.63 bits per heavy atom. The van der Waals surface area contributed by atoms with Gasteiger partial charge in [-0.05, 0) is 80.0 Å². The van der Waals surface area contributed by atoms with Crippen LogP contribution in [0.1, 0.15) is 55.4 Å². The van der Waals surface area contributed by atoms with Gasteiger partial charge in [0.2, 0.25) is 15.9 Å². The summed E-state index contributed by atoms with van der Waals surface area (Å²) in [5.41, 5.74) is 4.07. The van der Waals surface area contributed by atoms with E-state index in [0.717, 1.165) is 36.8 Å². The van der Waals surface area contributed by atoms with Gasteiger partial charge in [-0.3, -0.25) is 4.79 Å². The second-order valence-corrected chi connectivity index (χ2v) is 9.46. The molecular weight excluding hydrogens is 400 g/mol. The standard InChI is InChI=1S/C23H30N2O4S/c1-17(29-2)19-9-5-10-21(15-19)25-23(26)11-6-14-24-30(27,28)22-13-12-18-7-3-4-8-20(18)16-22/h5,9-10,12-13,15-17,24H,3-4,6-8,11,14H2,1-2H3,(H,25,26). The highest BCUT2D eigenvalue weighted by atomic mass is 32.2. The van der Waals surface area contributed by atoms with Crippen molar-refractivity contribution >= 4 is 21.6 Å². The Hall–Kier alpha value is -2.22. The number of carbonyl (C=O) groups is 1. The molecule has 0 spiro atoms. The lowest BCUT2D eigenvalue weighted by Gasteiger charge is -2.16. The van der Waals surface area contributed by atoms with Gasteiger partial charge in [-0.1, -0.05) is 18.2 Å². The van der Waals surface area contributed by atoms with Gasteiger partial charge in [0.15, 0.2) is 0 Å². The van der Waals surface area contributed by atoms with Crippen LogP contribution < -0.4 is 10.0 Å². The van der Waals surface area contributed by atoms with E-state index in [2.05, 4.69) is 10.0 Å². The lowest BCUT2D eigenvalue weighted by molar-refractivity contribution is -0.116. The normalized spacial score (nSPS) is 14.7. The topological polar surface area (TPSA) is 84.5 Å². The molecule has 0 saturated heterocycles. The molecule has 7 heteroatoms. The molecule has 1 amide bonds. The Labute approximate surface area is 179 Å². The van der Waals surface area contributed by atoms with Crippen LogP contribution in [0, 0.1) is 0 Å². The highest BCUT2D eigenvalue weighted by Gasteiger charge is 2.17. The maximum atomic E-state index is 12.6. The fraction of sp³-hybridized carbons (Fsp3) is 0.435.